The minimum Gasteiger partial charge on any atom is -0.389 e. The molecule has 2 aliphatic heterocycles. The molecular weight excluding hydrogens is 416 g/mol. The summed E-state index contributed by atoms with van der Waals surface area (Å²) in [5, 5.41) is 0.672. The van der Waals surface area contributed by atoms with Crippen LogP contribution in [0.3, 0.4) is 0 Å². The molecule has 0 radical (unpaired) electrons. The zero-order valence-corrected chi connectivity index (χ0v) is 18.6. The van der Waals surface area contributed by atoms with Crippen LogP contribution in [0, 0.1) is 17.8 Å². The first kappa shape index (κ1) is 20.8. The van der Waals surface area contributed by atoms with Gasteiger partial charge in [0, 0.05) is 57.5 Å². The zero-order valence-electron chi connectivity index (χ0n) is 17.8. The van der Waals surface area contributed by atoms with Gasteiger partial charge in [0.25, 0.3) is 0 Å². The van der Waals surface area contributed by atoms with E-state index >= 15 is 0 Å². The molecule has 1 saturated carbocycles. The Bertz CT molecular complexity index is 917. The number of rotatable bonds is 6. The van der Waals surface area contributed by atoms with Crippen LogP contribution in [0.5, 0.6) is 5.88 Å². The molecule has 7 nitrogen and oxygen atoms in total. The van der Waals surface area contributed by atoms with Gasteiger partial charge in [-0.1, -0.05) is 23.7 Å². The lowest BCUT2D eigenvalue weighted by molar-refractivity contribution is 0.0361. The van der Waals surface area contributed by atoms with Crippen molar-refractivity contribution in [3.63, 3.8) is 0 Å². The molecule has 2 unspecified atom stereocenters. The molecule has 1 amide bonds. The Morgan fingerprint density at radius 1 is 1.29 bits per heavy atom. The lowest BCUT2D eigenvalue weighted by atomic mass is 10.1. The maximum atomic E-state index is 13.0. The maximum Gasteiger partial charge on any atom is 0.416 e. The Kier molecular flexibility index (Phi) is 5.91. The molecule has 3 fully saturated rings. The molecule has 166 valence electrons. The molecule has 31 heavy (non-hydrogen) atoms. The van der Waals surface area contributed by atoms with Gasteiger partial charge in [-0.3, -0.25) is 4.90 Å². The summed E-state index contributed by atoms with van der Waals surface area (Å²) in [6, 6.07) is 8.32. The highest BCUT2D eigenvalue weighted by Gasteiger charge is 2.57. The summed E-state index contributed by atoms with van der Waals surface area (Å²) >= 11 is 6.16. The number of hydrogen-bond donors (Lipinski definition) is 0. The number of hydrogen-bond acceptors (Lipinski definition) is 5. The van der Waals surface area contributed by atoms with Gasteiger partial charge >= 0.3 is 6.09 Å². The van der Waals surface area contributed by atoms with E-state index in [1.165, 1.54) is 0 Å². The first-order valence-corrected chi connectivity index (χ1v) is 11.5. The minimum atomic E-state index is -0.357. The van der Waals surface area contributed by atoms with Gasteiger partial charge in [-0.15, -0.1) is 0 Å². The molecule has 3 aliphatic rings. The number of aromatic nitrogens is 2. The van der Waals surface area contributed by atoms with Crippen molar-refractivity contribution in [1.29, 1.82) is 0 Å². The number of amides is 1. The number of benzene rings is 1. The van der Waals surface area contributed by atoms with Gasteiger partial charge in [-0.05, 0) is 48.3 Å². The molecule has 3 heterocycles. The van der Waals surface area contributed by atoms with E-state index in [9.17, 15) is 4.79 Å². The van der Waals surface area contributed by atoms with Crippen LogP contribution >= 0.6 is 11.6 Å². The predicted octanol–water partition coefficient (Wildman–Crippen LogP) is 3.43. The van der Waals surface area contributed by atoms with Gasteiger partial charge in [0.05, 0.1) is 12.5 Å². The largest absolute Gasteiger partial charge is 0.416 e. The van der Waals surface area contributed by atoms with E-state index in [0.717, 1.165) is 44.7 Å². The zero-order chi connectivity index (χ0) is 21.4. The van der Waals surface area contributed by atoms with Crippen molar-refractivity contribution in [2.75, 3.05) is 32.8 Å². The first-order chi connectivity index (χ1) is 15.1. The minimum absolute atomic E-state index is 0.324. The van der Waals surface area contributed by atoms with Crippen molar-refractivity contribution in [3.05, 3.63) is 47.4 Å². The van der Waals surface area contributed by atoms with E-state index < -0.39 is 0 Å². The number of carbonyl (C=O) groups excluding carboxylic acids is 1. The summed E-state index contributed by atoms with van der Waals surface area (Å²) in [7, 11) is 1.85. The van der Waals surface area contributed by atoms with Crippen LogP contribution in [0.25, 0.3) is 0 Å². The van der Waals surface area contributed by atoms with Gasteiger partial charge in [-0.2, -0.15) is 0 Å². The summed E-state index contributed by atoms with van der Waals surface area (Å²) < 4.78 is 12.8. The normalized spacial score (nSPS) is 25.9. The molecule has 2 aromatic rings. The summed E-state index contributed by atoms with van der Waals surface area (Å²) in [5.74, 6) is 2.21. The average molecular weight is 445 g/mol. The average Bonchev–Trinajstić information content (AvgIpc) is 3.09. The number of piperidine rings is 1. The molecule has 1 aliphatic carbocycles. The number of ether oxygens (including phenoxy) is 2. The van der Waals surface area contributed by atoms with E-state index in [4.69, 9.17) is 21.1 Å². The van der Waals surface area contributed by atoms with E-state index in [-0.39, 0.29) is 6.09 Å². The highest BCUT2D eigenvalue weighted by molar-refractivity contribution is 6.30. The lowest BCUT2D eigenvalue weighted by Crippen LogP contribution is -2.41. The third-order valence-corrected chi connectivity index (χ3v) is 7.17. The highest BCUT2D eigenvalue weighted by atomic mass is 35.5. The summed E-state index contributed by atoms with van der Waals surface area (Å²) in [6.07, 6.45) is 5.25. The van der Waals surface area contributed by atoms with Crippen molar-refractivity contribution in [3.8, 4) is 5.88 Å². The molecule has 1 aromatic carbocycles. The monoisotopic (exact) mass is 444 g/mol. The van der Waals surface area contributed by atoms with Crippen LogP contribution in [-0.4, -0.2) is 64.3 Å². The van der Waals surface area contributed by atoms with Crippen LogP contribution < -0.4 is 4.74 Å². The van der Waals surface area contributed by atoms with Crippen LogP contribution in [0.1, 0.15) is 18.4 Å². The fourth-order valence-corrected chi connectivity index (χ4v) is 5.42. The van der Waals surface area contributed by atoms with Crippen LogP contribution in [0.15, 0.2) is 36.8 Å². The van der Waals surface area contributed by atoms with E-state index in [1.807, 2.05) is 36.2 Å². The van der Waals surface area contributed by atoms with Gasteiger partial charge in [0.15, 0.2) is 0 Å². The Balaban J connectivity index is 1.23. The first-order valence-electron chi connectivity index (χ1n) is 11.1. The highest BCUT2D eigenvalue weighted by Crippen LogP contribution is 2.53. The molecular formula is C23H29ClN4O3. The van der Waals surface area contributed by atoms with Crippen molar-refractivity contribution in [2.45, 2.75) is 25.4 Å². The molecule has 0 N–H and O–H groups in total. The summed E-state index contributed by atoms with van der Waals surface area (Å²) in [5.41, 5.74) is 1.00. The third-order valence-electron chi connectivity index (χ3n) is 6.93. The lowest BCUT2D eigenvalue weighted by Gasteiger charge is -2.33. The number of aryl methyl sites for hydroxylation is 1. The number of fused-ring (bicyclic) bond motifs is 1. The second-order valence-corrected chi connectivity index (χ2v) is 9.48. The second kappa shape index (κ2) is 8.81. The number of nitrogens with zero attached hydrogens (tertiary/aromatic N) is 4. The molecule has 0 bridgehead atoms. The van der Waals surface area contributed by atoms with Crippen molar-refractivity contribution in [1.82, 2.24) is 19.4 Å². The molecule has 2 atom stereocenters. The van der Waals surface area contributed by atoms with Gasteiger partial charge in [0.2, 0.25) is 5.88 Å². The van der Waals surface area contributed by atoms with Crippen LogP contribution in [0.4, 0.5) is 4.79 Å². The maximum absolute atomic E-state index is 13.0. The number of carbonyl (C=O) groups is 1. The van der Waals surface area contributed by atoms with Crippen LogP contribution in [-0.2, 0) is 18.3 Å². The third kappa shape index (κ3) is 4.73. The Labute approximate surface area is 187 Å². The molecule has 2 saturated heterocycles. The van der Waals surface area contributed by atoms with E-state index in [2.05, 4.69) is 9.88 Å². The molecule has 1 aromatic heterocycles. The topological polar surface area (TPSA) is 59.8 Å². The molecule has 5 rings (SSSR count). The number of halogens is 1. The standard InChI is InChI=1S/C23H29ClN4O3/c1-26-14-22(25-15-26)31-23(29)28(10-16-3-2-4-17(24)9-16)13-21-19-11-27(12-20(19)21)18-5-7-30-8-6-18/h2-4,9,14-15,18-21H,5-8,10-13H2,1H3. The SMILES string of the molecule is Cn1cnc(OC(=O)N(Cc2cccc(Cl)c2)CC2C3CN(C4CCOCC4)CC23)c1. The smallest absolute Gasteiger partial charge is 0.389 e. The Hall–Kier alpha value is -2.09. The van der Waals surface area contributed by atoms with Crippen LogP contribution in [0.2, 0.25) is 5.02 Å². The predicted molar refractivity (Wildman–Crippen MR) is 117 cm³/mol. The van der Waals surface area contributed by atoms with Crippen molar-refractivity contribution >= 4 is 17.7 Å². The quantitative estimate of drug-likeness (QED) is 0.683. The van der Waals surface area contributed by atoms with Gasteiger partial charge in [-0.25, -0.2) is 9.78 Å². The number of likely N-dealkylation sites (tertiary alicyclic amines) is 1. The van der Waals surface area contributed by atoms with Gasteiger partial charge < -0.3 is 18.9 Å². The van der Waals surface area contributed by atoms with Gasteiger partial charge in [0.1, 0.15) is 0 Å². The summed E-state index contributed by atoms with van der Waals surface area (Å²) in [4.78, 5) is 21.6. The molecule has 8 heteroatoms. The van der Waals surface area contributed by atoms with E-state index in [0.29, 0.717) is 47.8 Å². The second-order valence-electron chi connectivity index (χ2n) is 9.04. The Morgan fingerprint density at radius 2 is 2.06 bits per heavy atom. The van der Waals surface area contributed by atoms with Crippen molar-refractivity contribution in [2.24, 2.45) is 24.8 Å². The fraction of sp³-hybridized carbons (Fsp3) is 0.565. The van der Waals surface area contributed by atoms with E-state index in [1.54, 1.807) is 17.1 Å². The Morgan fingerprint density at radius 3 is 2.74 bits per heavy atom. The summed E-state index contributed by atoms with van der Waals surface area (Å²) in [6.45, 7) is 5.22. The number of imidazole rings is 1. The fourth-order valence-electron chi connectivity index (χ4n) is 5.21. The van der Waals surface area contributed by atoms with Crippen molar-refractivity contribution < 1.29 is 14.3 Å². The molecule has 0 spiro atoms.